The summed E-state index contributed by atoms with van der Waals surface area (Å²) in [7, 11) is 0. The molecule has 9 heteroatoms. The van der Waals surface area contributed by atoms with Gasteiger partial charge in [-0.1, -0.05) is 30.3 Å². The maximum Gasteiger partial charge on any atom is 0.411 e. The lowest BCUT2D eigenvalue weighted by atomic mass is 9.93. The lowest BCUT2D eigenvalue weighted by Gasteiger charge is -2.35. The van der Waals surface area contributed by atoms with Gasteiger partial charge in [0, 0.05) is 16.7 Å². The first kappa shape index (κ1) is 19.7. The molecule has 0 spiro atoms. The molecule has 4 aromatic rings. The Balaban J connectivity index is 1.74. The fourth-order valence-corrected chi connectivity index (χ4v) is 4.11. The summed E-state index contributed by atoms with van der Waals surface area (Å²) in [5.41, 5.74) is 0.390. The Hall–Kier alpha value is -4.24. The van der Waals surface area contributed by atoms with Crippen LogP contribution in [0.25, 0.3) is 11.0 Å². The van der Waals surface area contributed by atoms with Crippen molar-refractivity contribution in [1.82, 2.24) is 9.97 Å². The number of H-pyrrole nitrogens is 1. The fourth-order valence-electron chi connectivity index (χ4n) is 4.11. The Morgan fingerprint density at radius 2 is 1.94 bits per heavy atom. The van der Waals surface area contributed by atoms with Crippen molar-refractivity contribution in [3.8, 4) is 0 Å². The molecule has 1 aliphatic heterocycles. The Morgan fingerprint density at radius 3 is 2.72 bits per heavy atom. The number of rotatable bonds is 3. The minimum Gasteiger partial charge on any atom is -0.465 e. The highest BCUT2D eigenvalue weighted by molar-refractivity contribution is 6.12. The monoisotopic (exact) mass is 432 g/mol. The zero-order valence-electron chi connectivity index (χ0n) is 16.8. The Labute approximate surface area is 180 Å². The normalized spacial score (nSPS) is 17.6. The molecule has 0 fully saturated rings. The summed E-state index contributed by atoms with van der Waals surface area (Å²) >= 11 is 0. The summed E-state index contributed by atoms with van der Waals surface area (Å²) in [6, 6.07) is 15.6. The summed E-state index contributed by atoms with van der Waals surface area (Å²) in [6.07, 6.45) is -1.28. The highest BCUT2D eigenvalue weighted by atomic mass is 19.1. The van der Waals surface area contributed by atoms with E-state index in [1.165, 1.54) is 18.2 Å². The van der Waals surface area contributed by atoms with Crippen molar-refractivity contribution >= 4 is 34.7 Å². The number of carbonyl (C=O) groups excluding carboxylic acids is 1. The molecule has 0 saturated heterocycles. The number of imidazole rings is 1. The van der Waals surface area contributed by atoms with Crippen LogP contribution in [0.1, 0.15) is 27.0 Å². The van der Waals surface area contributed by atoms with Crippen LogP contribution in [0.4, 0.5) is 20.8 Å². The minimum atomic E-state index is -2.00. The number of carbonyl (C=O) groups is 2. The molecular weight excluding hydrogens is 415 g/mol. The van der Waals surface area contributed by atoms with Gasteiger partial charge in [-0.05, 0) is 42.8 Å². The number of aryl methyl sites for hydroxylation is 1. The zero-order chi connectivity index (χ0) is 22.6. The molecule has 0 radical (unpaired) electrons. The van der Waals surface area contributed by atoms with Crippen molar-refractivity contribution in [2.75, 3.05) is 10.2 Å². The molecule has 0 aliphatic carbocycles. The van der Waals surface area contributed by atoms with Crippen LogP contribution >= 0.6 is 0 Å². The van der Waals surface area contributed by atoms with Gasteiger partial charge in [0.2, 0.25) is 5.95 Å². The first-order chi connectivity index (χ1) is 15.3. The summed E-state index contributed by atoms with van der Waals surface area (Å²) in [4.78, 5) is 32.3. The quantitative estimate of drug-likeness (QED) is 0.391. The number of fused-ring (bicyclic) bond motifs is 2. The lowest BCUT2D eigenvalue weighted by Crippen LogP contribution is -2.45. The van der Waals surface area contributed by atoms with E-state index in [2.05, 4.69) is 15.3 Å². The van der Waals surface area contributed by atoms with Crippen LogP contribution < -0.4 is 10.2 Å². The number of aromatic amines is 1. The van der Waals surface area contributed by atoms with E-state index in [9.17, 15) is 19.1 Å². The summed E-state index contributed by atoms with van der Waals surface area (Å²) in [5.74, 6) is -1.17. The Morgan fingerprint density at radius 1 is 1.16 bits per heavy atom. The molecule has 3 aromatic carbocycles. The third-order valence-electron chi connectivity index (χ3n) is 5.51. The van der Waals surface area contributed by atoms with Crippen LogP contribution in [0.15, 0.2) is 60.7 Å². The van der Waals surface area contributed by atoms with Crippen LogP contribution in [0.5, 0.6) is 0 Å². The number of amides is 2. The molecule has 1 atom stereocenters. The van der Waals surface area contributed by atoms with Gasteiger partial charge >= 0.3 is 6.09 Å². The first-order valence-corrected chi connectivity index (χ1v) is 9.72. The predicted octanol–water partition coefficient (Wildman–Crippen LogP) is 3.95. The number of benzene rings is 3. The van der Waals surface area contributed by atoms with E-state index in [0.29, 0.717) is 16.6 Å². The molecule has 2 amide bonds. The molecular formula is C23H17FN4O4. The molecule has 1 aliphatic rings. The number of hydrogen-bond donors (Lipinski definition) is 4. The summed E-state index contributed by atoms with van der Waals surface area (Å²) < 4.78 is 14.9. The number of nitrogens with zero attached hydrogens (tertiary/aromatic N) is 2. The van der Waals surface area contributed by atoms with Crippen LogP contribution in [0.2, 0.25) is 0 Å². The van der Waals surface area contributed by atoms with Crippen molar-refractivity contribution in [1.29, 1.82) is 0 Å². The Kier molecular flexibility index (Phi) is 4.24. The second-order valence-electron chi connectivity index (χ2n) is 7.56. The van der Waals surface area contributed by atoms with Gasteiger partial charge in [0.05, 0.1) is 16.7 Å². The van der Waals surface area contributed by atoms with Gasteiger partial charge < -0.3 is 15.2 Å². The highest BCUT2D eigenvalue weighted by Gasteiger charge is 2.51. The first-order valence-electron chi connectivity index (χ1n) is 9.72. The molecule has 1 unspecified atom stereocenters. The number of aliphatic hydroxyl groups is 1. The maximum atomic E-state index is 14.9. The molecule has 4 N–H and O–H groups in total. The second-order valence-corrected chi connectivity index (χ2v) is 7.56. The second kappa shape index (κ2) is 6.89. The smallest absolute Gasteiger partial charge is 0.411 e. The molecule has 8 nitrogen and oxygen atoms in total. The molecule has 2 heterocycles. The van der Waals surface area contributed by atoms with Crippen LogP contribution in [0, 0.1) is 12.7 Å². The van der Waals surface area contributed by atoms with E-state index in [-0.39, 0.29) is 22.8 Å². The molecule has 0 bridgehead atoms. The van der Waals surface area contributed by atoms with Gasteiger partial charge in [0.25, 0.3) is 5.91 Å². The van der Waals surface area contributed by atoms with Crippen molar-refractivity contribution in [3.05, 3.63) is 88.7 Å². The number of anilines is 2. The van der Waals surface area contributed by atoms with Crippen LogP contribution in [0.3, 0.4) is 0 Å². The lowest BCUT2D eigenvalue weighted by molar-refractivity contribution is 0.0699. The van der Waals surface area contributed by atoms with Gasteiger partial charge in [-0.15, -0.1) is 0 Å². The van der Waals surface area contributed by atoms with Gasteiger partial charge in [-0.2, -0.15) is 0 Å². The summed E-state index contributed by atoms with van der Waals surface area (Å²) in [5, 5.41) is 23.1. The van der Waals surface area contributed by atoms with Gasteiger partial charge in [0.1, 0.15) is 5.82 Å². The zero-order valence-corrected chi connectivity index (χ0v) is 16.8. The average Bonchev–Trinajstić information content (AvgIpc) is 3.26. The number of aromatic nitrogens is 2. The number of carboxylic acid groups (broad SMARTS) is 1. The number of nitrogens with one attached hydrogen (secondary N) is 2. The minimum absolute atomic E-state index is 0.0149. The predicted molar refractivity (Wildman–Crippen MR) is 115 cm³/mol. The standard InChI is InChI=1S/C23H17FN4O4/c1-12-6-8-16(24)19(10-12)28-20(29)14-4-2-3-5-15(14)23(28,32)13-7-9-17-18(11-13)26-21(25-17)27-22(30)31/h2-11,32H,1H3,(H,30,31)(H2,25,26,27). The van der Waals surface area contributed by atoms with Crippen molar-refractivity contribution in [2.45, 2.75) is 12.6 Å². The molecule has 160 valence electrons. The third-order valence-corrected chi connectivity index (χ3v) is 5.51. The summed E-state index contributed by atoms with van der Waals surface area (Å²) in [6.45, 7) is 1.77. The van der Waals surface area contributed by atoms with Gasteiger partial charge in [0.15, 0.2) is 5.72 Å². The SMILES string of the molecule is Cc1ccc(F)c(N2C(=O)c3ccccc3C2(O)c2ccc3[nH]c(NC(=O)O)nc3c2)c1. The highest BCUT2D eigenvalue weighted by Crippen LogP contribution is 2.46. The van der Waals surface area contributed by atoms with Crippen LogP contribution in [-0.2, 0) is 5.72 Å². The van der Waals surface area contributed by atoms with Gasteiger partial charge in [-0.25, -0.2) is 14.2 Å². The average molecular weight is 432 g/mol. The molecule has 5 rings (SSSR count). The van der Waals surface area contributed by atoms with Crippen LogP contribution in [-0.4, -0.2) is 32.2 Å². The van der Waals surface area contributed by atoms with Crippen molar-refractivity contribution in [2.24, 2.45) is 0 Å². The number of hydrogen-bond acceptors (Lipinski definition) is 4. The van der Waals surface area contributed by atoms with E-state index in [1.807, 2.05) is 0 Å². The number of halogens is 1. The topological polar surface area (TPSA) is 119 Å². The van der Waals surface area contributed by atoms with Crippen molar-refractivity contribution in [3.63, 3.8) is 0 Å². The molecule has 0 saturated carbocycles. The van der Waals surface area contributed by atoms with E-state index < -0.39 is 23.5 Å². The Bertz CT molecular complexity index is 1420. The molecule has 1 aromatic heterocycles. The van der Waals surface area contributed by atoms with Crippen molar-refractivity contribution < 1.29 is 24.2 Å². The van der Waals surface area contributed by atoms with E-state index in [0.717, 1.165) is 10.5 Å². The van der Waals surface area contributed by atoms with Gasteiger partial charge in [-0.3, -0.25) is 15.0 Å². The fraction of sp³-hybridized carbons (Fsp3) is 0.0870. The van der Waals surface area contributed by atoms with E-state index in [1.54, 1.807) is 49.4 Å². The molecule has 32 heavy (non-hydrogen) atoms. The van der Waals surface area contributed by atoms with E-state index in [4.69, 9.17) is 5.11 Å². The van der Waals surface area contributed by atoms with E-state index >= 15 is 0 Å². The maximum absolute atomic E-state index is 14.9. The third kappa shape index (κ3) is 2.83. The largest absolute Gasteiger partial charge is 0.465 e.